The summed E-state index contributed by atoms with van der Waals surface area (Å²) < 4.78 is 6.73. The lowest BCUT2D eigenvalue weighted by molar-refractivity contribution is -0.110. The number of likely N-dealkylation sites (tertiary alicyclic amines) is 1. The number of benzene rings is 4. The number of hydrogen-bond donors (Lipinski definition) is 1. The molecule has 4 aromatic carbocycles. The van der Waals surface area contributed by atoms with Crippen molar-refractivity contribution in [3.05, 3.63) is 144 Å². The number of piperidine rings is 1. The average molecular weight is 492 g/mol. The molecule has 0 amide bonds. The fraction of sp³-hybridized carbons (Fsp3) is 0.294. The van der Waals surface area contributed by atoms with E-state index in [2.05, 4.69) is 115 Å². The van der Waals surface area contributed by atoms with Gasteiger partial charge in [-0.05, 0) is 35.2 Å². The first-order valence-corrected chi connectivity index (χ1v) is 13.3. The average Bonchev–Trinajstić information content (AvgIpc) is 2.96. The summed E-state index contributed by atoms with van der Waals surface area (Å²) in [5.41, 5.74) is 3.28. The van der Waals surface area contributed by atoms with Crippen molar-refractivity contribution in [1.29, 1.82) is 0 Å². The number of β-amino-alcohol motifs (C(OH)–C–C–N with tert-alkyl or cyclic N) is 1. The number of aliphatic hydroxyl groups is 1. The normalized spacial score (nSPS) is 20.3. The summed E-state index contributed by atoms with van der Waals surface area (Å²) in [4.78, 5) is 2.38. The Balaban J connectivity index is 1.63. The summed E-state index contributed by atoms with van der Waals surface area (Å²) in [6.07, 6.45) is 0.356. The van der Waals surface area contributed by atoms with Crippen LogP contribution in [-0.4, -0.2) is 36.3 Å². The third kappa shape index (κ3) is 4.64. The first-order valence-electron chi connectivity index (χ1n) is 13.3. The molecule has 3 unspecified atom stereocenters. The molecule has 3 heteroatoms. The summed E-state index contributed by atoms with van der Waals surface area (Å²) in [5.74, 6) is -0.0257. The molecule has 4 aromatic rings. The number of rotatable bonds is 8. The highest BCUT2D eigenvalue weighted by Crippen LogP contribution is 2.55. The molecular formula is C34H37NO2. The predicted octanol–water partition coefficient (Wildman–Crippen LogP) is 6.42. The van der Waals surface area contributed by atoms with Crippen molar-refractivity contribution >= 4 is 0 Å². The van der Waals surface area contributed by atoms with Gasteiger partial charge < -0.3 is 9.84 Å². The first kappa shape index (κ1) is 25.4. The monoisotopic (exact) mass is 491 g/mol. The molecule has 1 N–H and O–H groups in total. The van der Waals surface area contributed by atoms with Crippen LogP contribution in [0.3, 0.4) is 0 Å². The van der Waals surface area contributed by atoms with Crippen LogP contribution in [0.4, 0.5) is 0 Å². The molecule has 37 heavy (non-hydrogen) atoms. The Labute approximate surface area is 221 Å². The molecule has 190 valence electrons. The summed E-state index contributed by atoms with van der Waals surface area (Å²) >= 11 is 0. The van der Waals surface area contributed by atoms with E-state index in [4.69, 9.17) is 4.74 Å². The maximum Gasteiger partial charge on any atom is 0.127 e. The SMILES string of the molecule is COC(c1ccccc1)(c1ccccc1)C(C)(c1ccccc1)C1CCN(Cc2ccccc2)CC1O. The van der Waals surface area contributed by atoms with Gasteiger partial charge in [0.05, 0.1) is 6.10 Å². The Morgan fingerprint density at radius 3 is 1.65 bits per heavy atom. The largest absolute Gasteiger partial charge is 0.391 e. The number of methoxy groups -OCH3 is 1. The van der Waals surface area contributed by atoms with Gasteiger partial charge in [0, 0.05) is 31.5 Å². The number of aliphatic hydroxyl groups excluding tert-OH is 1. The fourth-order valence-electron chi connectivity index (χ4n) is 6.68. The second-order valence-electron chi connectivity index (χ2n) is 10.4. The van der Waals surface area contributed by atoms with Crippen molar-refractivity contribution in [1.82, 2.24) is 4.90 Å². The molecule has 3 nitrogen and oxygen atoms in total. The van der Waals surface area contributed by atoms with Gasteiger partial charge in [0.1, 0.15) is 5.60 Å². The number of ether oxygens (including phenoxy) is 1. The van der Waals surface area contributed by atoms with Crippen LogP contribution in [0.25, 0.3) is 0 Å². The second kappa shape index (κ2) is 11.0. The van der Waals surface area contributed by atoms with Gasteiger partial charge in [0.25, 0.3) is 0 Å². The summed E-state index contributed by atoms with van der Waals surface area (Å²) in [7, 11) is 1.82. The van der Waals surface area contributed by atoms with Crippen molar-refractivity contribution in [2.24, 2.45) is 5.92 Å². The van der Waals surface area contributed by atoms with Gasteiger partial charge in [-0.15, -0.1) is 0 Å². The van der Waals surface area contributed by atoms with E-state index in [9.17, 15) is 5.11 Å². The summed E-state index contributed by atoms with van der Waals surface area (Å²) in [6.45, 7) is 4.69. The topological polar surface area (TPSA) is 32.7 Å². The second-order valence-corrected chi connectivity index (χ2v) is 10.4. The highest BCUT2D eigenvalue weighted by Gasteiger charge is 2.58. The maximum atomic E-state index is 11.9. The molecule has 3 atom stereocenters. The highest BCUT2D eigenvalue weighted by molar-refractivity contribution is 5.47. The zero-order valence-corrected chi connectivity index (χ0v) is 21.8. The number of nitrogens with zero attached hydrogens (tertiary/aromatic N) is 1. The van der Waals surface area contributed by atoms with Crippen molar-refractivity contribution < 1.29 is 9.84 Å². The Hall–Kier alpha value is -3.24. The minimum Gasteiger partial charge on any atom is -0.391 e. The Morgan fingerprint density at radius 2 is 1.19 bits per heavy atom. The fourth-order valence-corrected chi connectivity index (χ4v) is 6.68. The van der Waals surface area contributed by atoms with E-state index < -0.39 is 17.1 Å². The van der Waals surface area contributed by atoms with E-state index in [-0.39, 0.29) is 5.92 Å². The lowest BCUT2D eigenvalue weighted by Crippen LogP contribution is -2.60. The van der Waals surface area contributed by atoms with E-state index in [1.54, 1.807) is 0 Å². The Bertz CT molecular complexity index is 1210. The Morgan fingerprint density at radius 1 is 0.730 bits per heavy atom. The molecule has 0 aromatic heterocycles. The van der Waals surface area contributed by atoms with Gasteiger partial charge in [-0.2, -0.15) is 0 Å². The Kier molecular flexibility index (Phi) is 7.57. The van der Waals surface area contributed by atoms with E-state index in [1.165, 1.54) is 11.1 Å². The molecule has 0 spiro atoms. The molecule has 0 radical (unpaired) electrons. The summed E-state index contributed by atoms with van der Waals surface area (Å²) in [6, 6.07) is 42.2. The zero-order valence-electron chi connectivity index (χ0n) is 21.8. The summed E-state index contributed by atoms with van der Waals surface area (Å²) in [5, 5.41) is 11.9. The van der Waals surface area contributed by atoms with Gasteiger partial charge in [-0.1, -0.05) is 128 Å². The molecule has 1 saturated heterocycles. The van der Waals surface area contributed by atoms with Crippen LogP contribution in [0.2, 0.25) is 0 Å². The molecular weight excluding hydrogens is 454 g/mol. The molecule has 1 aliphatic rings. The smallest absolute Gasteiger partial charge is 0.127 e. The standard InChI is InChI=1S/C34H37NO2/c1-33(28-17-9-4-10-18-28,31-23-24-35(26-32(31)36)25-27-15-7-3-8-16-27)34(37-2,29-19-11-5-12-20-29)30-21-13-6-14-22-30/h3-22,31-32,36H,23-26H2,1-2H3. The van der Waals surface area contributed by atoms with Crippen LogP contribution in [0.15, 0.2) is 121 Å². The third-order valence-corrected chi connectivity index (χ3v) is 8.43. The minimum absolute atomic E-state index is 0.0257. The minimum atomic E-state index is -0.801. The van der Waals surface area contributed by atoms with E-state index in [0.717, 1.165) is 30.6 Å². The number of hydrogen-bond acceptors (Lipinski definition) is 3. The van der Waals surface area contributed by atoms with Crippen LogP contribution in [0.5, 0.6) is 0 Å². The molecule has 1 fully saturated rings. The van der Waals surface area contributed by atoms with Gasteiger partial charge >= 0.3 is 0 Å². The molecule has 0 saturated carbocycles. The van der Waals surface area contributed by atoms with Gasteiger partial charge in [0.15, 0.2) is 0 Å². The quantitative estimate of drug-likeness (QED) is 0.309. The van der Waals surface area contributed by atoms with E-state index in [0.29, 0.717) is 6.54 Å². The van der Waals surface area contributed by atoms with Crippen LogP contribution in [-0.2, 0) is 22.3 Å². The van der Waals surface area contributed by atoms with Gasteiger partial charge in [0.2, 0.25) is 0 Å². The van der Waals surface area contributed by atoms with Gasteiger partial charge in [-0.3, -0.25) is 4.90 Å². The highest BCUT2D eigenvalue weighted by atomic mass is 16.5. The molecule has 0 bridgehead atoms. The molecule has 1 aliphatic heterocycles. The lowest BCUT2D eigenvalue weighted by Gasteiger charge is -2.55. The van der Waals surface area contributed by atoms with Crippen LogP contribution >= 0.6 is 0 Å². The third-order valence-electron chi connectivity index (χ3n) is 8.43. The van der Waals surface area contributed by atoms with Gasteiger partial charge in [-0.25, -0.2) is 0 Å². The molecule has 1 heterocycles. The van der Waals surface area contributed by atoms with Crippen molar-refractivity contribution in [2.45, 2.75) is 37.0 Å². The van der Waals surface area contributed by atoms with Crippen molar-refractivity contribution in [3.63, 3.8) is 0 Å². The molecule has 0 aliphatic carbocycles. The van der Waals surface area contributed by atoms with E-state index >= 15 is 0 Å². The zero-order chi connectivity index (χ0) is 25.7. The van der Waals surface area contributed by atoms with Crippen molar-refractivity contribution in [3.8, 4) is 0 Å². The predicted molar refractivity (Wildman–Crippen MR) is 150 cm³/mol. The van der Waals surface area contributed by atoms with Crippen molar-refractivity contribution in [2.75, 3.05) is 20.2 Å². The van der Waals surface area contributed by atoms with Crippen LogP contribution in [0, 0.1) is 5.92 Å². The maximum absolute atomic E-state index is 11.9. The van der Waals surface area contributed by atoms with Crippen LogP contribution in [0.1, 0.15) is 35.6 Å². The lowest BCUT2D eigenvalue weighted by atomic mass is 9.54. The first-order chi connectivity index (χ1) is 18.1. The molecule has 5 rings (SSSR count). The van der Waals surface area contributed by atoms with Crippen LogP contribution < -0.4 is 0 Å². The van der Waals surface area contributed by atoms with E-state index in [1.807, 2.05) is 25.3 Å².